The minimum atomic E-state index is -4.56. The maximum atomic E-state index is 13.3. The van der Waals surface area contributed by atoms with Gasteiger partial charge in [-0.15, -0.1) is 0 Å². The molecular formula is C16H10ClF3N2O2. The summed E-state index contributed by atoms with van der Waals surface area (Å²) in [7, 11) is 0. The van der Waals surface area contributed by atoms with Gasteiger partial charge in [-0.2, -0.15) is 18.3 Å². The average Bonchev–Trinajstić information content (AvgIpc) is 2.88. The number of benzene rings is 1. The van der Waals surface area contributed by atoms with Crippen molar-refractivity contribution in [3.8, 4) is 11.1 Å². The summed E-state index contributed by atoms with van der Waals surface area (Å²) in [5.41, 5.74) is 0.0794. The van der Waals surface area contributed by atoms with Crippen LogP contribution < -0.4 is 0 Å². The van der Waals surface area contributed by atoms with Gasteiger partial charge < -0.3 is 5.11 Å². The standard InChI is InChI=1S/C16H10ClF3N2O2/c17-12-3-1-2-11(16(18,19)20)15(12)9-4-5-22-13(6-9)10(8-21-22)7-14(23)24/h1-6,8H,7H2,(H,23,24). The van der Waals surface area contributed by atoms with Crippen molar-refractivity contribution >= 4 is 23.1 Å². The highest BCUT2D eigenvalue weighted by Gasteiger charge is 2.34. The SMILES string of the molecule is O=C(O)Cc1cnn2ccc(-c3c(Cl)cccc3C(F)(F)F)cc12. The number of aromatic nitrogens is 2. The molecular weight excluding hydrogens is 345 g/mol. The smallest absolute Gasteiger partial charge is 0.417 e. The second kappa shape index (κ2) is 5.83. The zero-order valence-corrected chi connectivity index (χ0v) is 12.8. The average molecular weight is 355 g/mol. The summed E-state index contributed by atoms with van der Waals surface area (Å²) in [6, 6.07) is 6.50. The van der Waals surface area contributed by atoms with Gasteiger partial charge in [0.05, 0.1) is 23.7 Å². The van der Waals surface area contributed by atoms with Crippen LogP contribution in [0, 0.1) is 0 Å². The second-order valence-electron chi connectivity index (χ2n) is 5.15. The number of fused-ring (bicyclic) bond motifs is 1. The van der Waals surface area contributed by atoms with E-state index in [-0.39, 0.29) is 22.6 Å². The first-order chi connectivity index (χ1) is 11.3. The summed E-state index contributed by atoms with van der Waals surface area (Å²) < 4.78 is 41.2. The summed E-state index contributed by atoms with van der Waals surface area (Å²) in [6.07, 6.45) is -1.98. The first kappa shape index (κ1) is 16.3. The molecule has 1 aromatic carbocycles. The highest BCUT2D eigenvalue weighted by Crippen LogP contribution is 2.41. The Balaban J connectivity index is 2.22. The van der Waals surface area contributed by atoms with Gasteiger partial charge in [0, 0.05) is 22.3 Å². The van der Waals surface area contributed by atoms with Crippen LogP contribution in [0.5, 0.6) is 0 Å². The van der Waals surface area contributed by atoms with Gasteiger partial charge in [-0.05, 0) is 29.8 Å². The van der Waals surface area contributed by atoms with E-state index < -0.39 is 17.7 Å². The van der Waals surface area contributed by atoms with E-state index in [0.717, 1.165) is 6.07 Å². The molecule has 0 aliphatic carbocycles. The van der Waals surface area contributed by atoms with E-state index in [1.165, 1.54) is 41.2 Å². The molecule has 8 heteroatoms. The molecule has 0 bridgehead atoms. The maximum Gasteiger partial charge on any atom is 0.417 e. The van der Waals surface area contributed by atoms with Crippen LogP contribution in [0.3, 0.4) is 0 Å². The summed E-state index contributed by atoms with van der Waals surface area (Å²) in [5, 5.41) is 12.9. The van der Waals surface area contributed by atoms with Crippen molar-refractivity contribution in [2.45, 2.75) is 12.6 Å². The third kappa shape index (κ3) is 2.94. The van der Waals surface area contributed by atoms with Crippen molar-refractivity contribution in [2.75, 3.05) is 0 Å². The monoisotopic (exact) mass is 354 g/mol. The molecule has 0 aliphatic rings. The first-order valence-electron chi connectivity index (χ1n) is 6.81. The van der Waals surface area contributed by atoms with Crippen LogP contribution in [-0.2, 0) is 17.4 Å². The lowest BCUT2D eigenvalue weighted by Gasteiger charge is -2.14. The van der Waals surface area contributed by atoms with Crippen molar-refractivity contribution in [1.82, 2.24) is 9.61 Å². The first-order valence-corrected chi connectivity index (χ1v) is 7.19. The Morgan fingerprint density at radius 1 is 1.29 bits per heavy atom. The number of alkyl halides is 3. The lowest BCUT2D eigenvalue weighted by molar-refractivity contribution is -0.137. The van der Waals surface area contributed by atoms with E-state index in [2.05, 4.69) is 5.10 Å². The Morgan fingerprint density at radius 3 is 2.71 bits per heavy atom. The molecule has 0 saturated carbocycles. The molecule has 0 spiro atoms. The molecule has 0 atom stereocenters. The number of rotatable bonds is 3. The molecule has 0 amide bonds. The number of aliphatic carboxylic acids is 1. The number of hydrogen-bond acceptors (Lipinski definition) is 2. The third-order valence-electron chi connectivity index (χ3n) is 3.55. The number of halogens is 4. The van der Waals surface area contributed by atoms with E-state index in [9.17, 15) is 18.0 Å². The number of pyridine rings is 1. The predicted octanol–water partition coefficient (Wildman–Crippen LogP) is 4.30. The van der Waals surface area contributed by atoms with Crippen molar-refractivity contribution < 1.29 is 23.1 Å². The van der Waals surface area contributed by atoms with Gasteiger partial charge >= 0.3 is 12.1 Å². The lowest BCUT2D eigenvalue weighted by atomic mass is 9.99. The van der Waals surface area contributed by atoms with Gasteiger partial charge in [-0.3, -0.25) is 4.79 Å². The molecule has 3 rings (SSSR count). The molecule has 3 aromatic rings. The van der Waals surface area contributed by atoms with E-state index in [1.54, 1.807) is 0 Å². The lowest BCUT2D eigenvalue weighted by Crippen LogP contribution is -2.07. The molecule has 0 unspecified atom stereocenters. The summed E-state index contributed by atoms with van der Waals surface area (Å²) in [4.78, 5) is 10.9. The minimum absolute atomic E-state index is 0.0338. The van der Waals surface area contributed by atoms with Gasteiger partial charge in [0.2, 0.25) is 0 Å². The fraction of sp³-hybridized carbons (Fsp3) is 0.125. The van der Waals surface area contributed by atoms with E-state index in [0.29, 0.717) is 11.1 Å². The topological polar surface area (TPSA) is 54.6 Å². The highest BCUT2D eigenvalue weighted by molar-refractivity contribution is 6.33. The summed E-state index contributed by atoms with van der Waals surface area (Å²) in [6.45, 7) is 0. The minimum Gasteiger partial charge on any atom is -0.481 e. The normalized spacial score (nSPS) is 11.8. The van der Waals surface area contributed by atoms with Crippen LogP contribution in [-0.4, -0.2) is 20.7 Å². The Bertz CT molecular complexity index is 935. The third-order valence-corrected chi connectivity index (χ3v) is 3.87. The van der Waals surface area contributed by atoms with E-state index in [1.807, 2.05) is 0 Å². The number of carboxylic acids is 1. The van der Waals surface area contributed by atoms with Gasteiger partial charge in [-0.25, -0.2) is 4.52 Å². The van der Waals surface area contributed by atoms with Crippen LogP contribution >= 0.6 is 11.6 Å². The largest absolute Gasteiger partial charge is 0.481 e. The molecule has 1 N–H and O–H groups in total. The van der Waals surface area contributed by atoms with Crippen molar-refractivity contribution in [3.05, 3.63) is 58.9 Å². The van der Waals surface area contributed by atoms with Crippen molar-refractivity contribution in [1.29, 1.82) is 0 Å². The molecule has 0 fully saturated rings. The quantitative estimate of drug-likeness (QED) is 0.763. The number of carboxylic acid groups (broad SMARTS) is 1. The van der Waals surface area contributed by atoms with Crippen molar-refractivity contribution in [2.24, 2.45) is 0 Å². The van der Waals surface area contributed by atoms with Crippen LogP contribution in [0.4, 0.5) is 13.2 Å². The number of hydrogen-bond donors (Lipinski definition) is 1. The van der Waals surface area contributed by atoms with Crippen LogP contribution in [0.1, 0.15) is 11.1 Å². The molecule has 0 saturated heterocycles. The molecule has 124 valence electrons. The van der Waals surface area contributed by atoms with Crippen LogP contribution in [0.2, 0.25) is 5.02 Å². The fourth-order valence-corrected chi connectivity index (χ4v) is 2.82. The highest BCUT2D eigenvalue weighted by atomic mass is 35.5. The molecule has 2 heterocycles. The number of nitrogens with zero attached hydrogens (tertiary/aromatic N) is 2. The van der Waals surface area contributed by atoms with Gasteiger partial charge in [-0.1, -0.05) is 17.7 Å². The Labute approximate surface area is 139 Å². The fourth-order valence-electron chi connectivity index (χ4n) is 2.54. The zero-order valence-electron chi connectivity index (χ0n) is 12.0. The molecule has 24 heavy (non-hydrogen) atoms. The van der Waals surface area contributed by atoms with Crippen LogP contribution in [0.25, 0.3) is 16.6 Å². The van der Waals surface area contributed by atoms with E-state index >= 15 is 0 Å². The molecule has 2 aromatic heterocycles. The zero-order chi connectivity index (χ0) is 17.5. The second-order valence-corrected chi connectivity index (χ2v) is 5.55. The van der Waals surface area contributed by atoms with Gasteiger partial charge in [0.15, 0.2) is 0 Å². The predicted molar refractivity (Wildman–Crippen MR) is 82.0 cm³/mol. The summed E-state index contributed by atoms with van der Waals surface area (Å²) >= 11 is 6.00. The molecule has 4 nitrogen and oxygen atoms in total. The van der Waals surface area contributed by atoms with E-state index in [4.69, 9.17) is 16.7 Å². The Kier molecular flexibility index (Phi) is 3.96. The van der Waals surface area contributed by atoms with Crippen LogP contribution in [0.15, 0.2) is 42.7 Å². The Morgan fingerprint density at radius 2 is 2.04 bits per heavy atom. The Hall–Kier alpha value is -2.54. The van der Waals surface area contributed by atoms with Gasteiger partial charge in [0.25, 0.3) is 0 Å². The molecule has 0 radical (unpaired) electrons. The van der Waals surface area contributed by atoms with Crippen molar-refractivity contribution in [3.63, 3.8) is 0 Å². The summed E-state index contributed by atoms with van der Waals surface area (Å²) in [5.74, 6) is -1.05. The number of carbonyl (C=O) groups is 1. The van der Waals surface area contributed by atoms with Gasteiger partial charge in [0.1, 0.15) is 0 Å². The maximum absolute atomic E-state index is 13.3. The molecule has 0 aliphatic heterocycles.